The molecule has 25 heavy (non-hydrogen) atoms. The Hall–Kier alpha value is -1.70. The lowest BCUT2D eigenvalue weighted by atomic mass is 10.1. The number of sulfonamides is 1. The van der Waals surface area contributed by atoms with Crippen LogP contribution < -0.4 is 0 Å². The molecule has 2 atom stereocenters. The minimum absolute atomic E-state index is 0.00725. The number of morpholine rings is 1. The second-order valence-corrected chi connectivity index (χ2v) is 8.65. The molecule has 1 amide bonds. The van der Waals surface area contributed by atoms with Crippen LogP contribution >= 0.6 is 0 Å². The van der Waals surface area contributed by atoms with Crippen molar-refractivity contribution in [3.8, 4) is 0 Å². The van der Waals surface area contributed by atoms with Crippen molar-refractivity contribution < 1.29 is 17.9 Å². The maximum atomic E-state index is 12.8. The van der Waals surface area contributed by atoms with E-state index in [-0.39, 0.29) is 22.9 Å². The standard InChI is InChI=1S/C18H22N2O4S/c21-18(20-15-2-1-3-16(20)7-6-15)14-4-8-17(9-5-14)25(22,23)19-10-12-24-13-11-19/h1-2,4-5,8-9,15-16H,3,6-7,10-13H2. The van der Waals surface area contributed by atoms with Crippen molar-refractivity contribution in [1.29, 1.82) is 0 Å². The van der Waals surface area contributed by atoms with Crippen molar-refractivity contribution >= 4 is 15.9 Å². The van der Waals surface area contributed by atoms with Crippen LogP contribution in [0.4, 0.5) is 0 Å². The molecule has 0 saturated carbocycles. The van der Waals surface area contributed by atoms with Gasteiger partial charge in [0, 0.05) is 24.7 Å². The summed E-state index contributed by atoms with van der Waals surface area (Å²) in [6.45, 7) is 1.57. The van der Waals surface area contributed by atoms with Crippen molar-refractivity contribution in [2.24, 2.45) is 0 Å². The molecule has 3 aliphatic heterocycles. The molecular weight excluding hydrogens is 340 g/mol. The molecule has 2 bridgehead atoms. The van der Waals surface area contributed by atoms with Crippen LogP contribution in [0.2, 0.25) is 0 Å². The minimum atomic E-state index is -3.52. The van der Waals surface area contributed by atoms with Gasteiger partial charge in [0.25, 0.3) is 5.91 Å². The number of ether oxygens (including phenoxy) is 1. The molecule has 0 aromatic heterocycles. The van der Waals surface area contributed by atoms with E-state index in [9.17, 15) is 13.2 Å². The molecule has 1 aromatic rings. The topological polar surface area (TPSA) is 66.9 Å². The van der Waals surface area contributed by atoms with E-state index < -0.39 is 10.0 Å². The van der Waals surface area contributed by atoms with E-state index >= 15 is 0 Å². The smallest absolute Gasteiger partial charge is 0.254 e. The third-order valence-electron chi connectivity index (χ3n) is 5.26. The van der Waals surface area contributed by atoms with Crippen LogP contribution in [0.3, 0.4) is 0 Å². The zero-order valence-corrected chi connectivity index (χ0v) is 14.8. The number of amides is 1. The Kier molecular flexibility index (Phi) is 4.39. The van der Waals surface area contributed by atoms with Crippen LogP contribution in [0.15, 0.2) is 41.3 Å². The first-order valence-electron chi connectivity index (χ1n) is 8.74. The van der Waals surface area contributed by atoms with E-state index in [0.29, 0.717) is 31.9 Å². The molecular formula is C18H22N2O4S. The van der Waals surface area contributed by atoms with Crippen LogP contribution in [-0.2, 0) is 14.8 Å². The van der Waals surface area contributed by atoms with Gasteiger partial charge in [-0.25, -0.2) is 8.42 Å². The van der Waals surface area contributed by atoms with Crippen molar-refractivity contribution in [3.05, 3.63) is 42.0 Å². The van der Waals surface area contributed by atoms with Gasteiger partial charge in [-0.15, -0.1) is 0 Å². The second-order valence-electron chi connectivity index (χ2n) is 6.72. The summed E-state index contributed by atoms with van der Waals surface area (Å²) in [6.07, 6.45) is 7.22. The van der Waals surface area contributed by atoms with Crippen molar-refractivity contribution in [3.63, 3.8) is 0 Å². The predicted molar refractivity (Wildman–Crippen MR) is 92.8 cm³/mol. The number of fused-ring (bicyclic) bond motifs is 2. The van der Waals surface area contributed by atoms with E-state index in [0.717, 1.165) is 19.3 Å². The van der Waals surface area contributed by atoms with Crippen LogP contribution in [-0.4, -0.2) is 61.9 Å². The molecule has 4 rings (SSSR count). The summed E-state index contributed by atoms with van der Waals surface area (Å²) >= 11 is 0. The summed E-state index contributed by atoms with van der Waals surface area (Å²) < 4.78 is 31.9. The predicted octanol–water partition coefficient (Wildman–Crippen LogP) is 1.64. The molecule has 3 heterocycles. The quantitative estimate of drug-likeness (QED) is 0.767. The number of hydrogen-bond donors (Lipinski definition) is 0. The Bertz CT molecular complexity index is 782. The van der Waals surface area contributed by atoms with Gasteiger partial charge < -0.3 is 9.64 Å². The molecule has 1 aromatic carbocycles. The molecule has 2 fully saturated rings. The van der Waals surface area contributed by atoms with E-state index in [1.807, 2.05) is 4.90 Å². The molecule has 2 saturated heterocycles. The monoisotopic (exact) mass is 362 g/mol. The number of nitrogens with zero attached hydrogens (tertiary/aromatic N) is 2. The van der Waals surface area contributed by atoms with Gasteiger partial charge in [-0.1, -0.05) is 12.2 Å². The van der Waals surface area contributed by atoms with Crippen molar-refractivity contribution in [1.82, 2.24) is 9.21 Å². The lowest BCUT2D eigenvalue weighted by Crippen LogP contribution is -2.42. The number of carbonyl (C=O) groups is 1. The van der Waals surface area contributed by atoms with Crippen molar-refractivity contribution in [2.45, 2.75) is 36.2 Å². The number of rotatable bonds is 3. The molecule has 0 radical (unpaired) electrons. The highest BCUT2D eigenvalue weighted by atomic mass is 32.2. The normalized spacial score (nSPS) is 26.8. The Morgan fingerprint density at radius 3 is 2.48 bits per heavy atom. The molecule has 0 aliphatic carbocycles. The van der Waals surface area contributed by atoms with Gasteiger partial charge in [-0.05, 0) is 43.5 Å². The SMILES string of the molecule is O=C(c1ccc(S(=O)(=O)N2CCOCC2)cc1)N1C2C=CCC1CC2. The van der Waals surface area contributed by atoms with Crippen molar-refractivity contribution in [2.75, 3.05) is 26.3 Å². The third-order valence-corrected chi connectivity index (χ3v) is 7.17. The van der Waals surface area contributed by atoms with Crippen LogP contribution in [0.5, 0.6) is 0 Å². The van der Waals surface area contributed by atoms with E-state index in [1.54, 1.807) is 24.3 Å². The maximum Gasteiger partial charge on any atom is 0.254 e. The van der Waals surface area contributed by atoms with E-state index in [1.165, 1.54) is 4.31 Å². The highest BCUT2D eigenvalue weighted by Gasteiger charge is 2.37. The van der Waals surface area contributed by atoms with E-state index in [4.69, 9.17) is 4.74 Å². The third kappa shape index (κ3) is 3.01. The molecule has 3 aliphatic rings. The van der Waals surface area contributed by atoms with Gasteiger partial charge in [0.1, 0.15) is 0 Å². The average molecular weight is 362 g/mol. The first-order chi connectivity index (χ1) is 12.1. The van der Waals surface area contributed by atoms with Gasteiger partial charge in [0.05, 0.1) is 24.2 Å². The lowest BCUT2D eigenvalue weighted by Gasteiger charge is -2.31. The second kappa shape index (κ2) is 6.55. The maximum absolute atomic E-state index is 12.8. The fourth-order valence-corrected chi connectivity index (χ4v) is 5.30. The van der Waals surface area contributed by atoms with Gasteiger partial charge in [-0.2, -0.15) is 4.31 Å². The minimum Gasteiger partial charge on any atom is -0.379 e. The average Bonchev–Trinajstić information content (AvgIpc) is 2.90. The molecule has 6 nitrogen and oxygen atoms in total. The summed E-state index contributed by atoms with van der Waals surface area (Å²) in [5, 5.41) is 0. The lowest BCUT2D eigenvalue weighted by molar-refractivity contribution is 0.0689. The highest BCUT2D eigenvalue weighted by molar-refractivity contribution is 7.89. The van der Waals surface area contributed by atoms with Gasteiger partial charge in [-0.3, -0.25) is 4.79 Å². The molecule has 134 valence electrons. The first kappa shape index (κ1) is 16.8. The Morgan fingerprint density at radius 2 is 1.80 bits per heavy atom. The zero-order valence-electron chi connectivity index (χ0n) is 14.0. The summed E-state index contributed by atoms with van der Waals surface area (Å²) in [7, 11) is -3.52. The fraction of sp³-hybridized carbons (Fsp3) is 0.500. The molecule has 0 N–H and O–H groups in total. The molecule has 2 unspecified atom stereocenters. The Balaban J connectivity index is 1.54. The van der Waals surface area contributed by atoms with Gasteiger partial charge in [0.15, 0.2) is 0 Å². The van der Waals surface area contributed by atoms with Crippen LogP contribution in [0, 0.1) is 0 Å². The summed E-state index contributed by atoms with van der Waals surface area (Å²) in [4.78, 5) is 15.0. The number of hydrogen-bond acceptors (Lipinski definition) is 4. The summed E-state index contributed by atoms with van der Waals surface area (Å²) in [6, 6.07) is 6.81. The molecule has 0 spiro atoms. The zero-order chi connectivity index (χ0) is 17.4. The Labute approximate surface area is 148 Å². The molecule has 7 heteroatoms. The fourth-order valence-electron chi connectivity index (χ4n) is 3.90. The highest BCUT2D eigenvalue weighted by Crippen LogP contribution is 2.33. The van der Waals surface area contributed by atoms with Gasteiger partial charge in [0.2, 0.25) is 10.0 Å². The largest absolute Gasteiger partial charge is 0.379 e. The number of benzene rings is 1. The Morgan fingerprint density at radius 1 is 1.08 bits per heavy atom. The summed E-state index contributed by atoms with van der Waals surface area (Å²) in [5.41, 5.74) is 0.549. The summed E-state index contributed by atoms with van der Waals surface area (Å²) in [5.74, 6) is -0.00725. The van der Waals surface area contributed by atoms with Crippen LogP contribution in [0.25, 0.3) is 0 Å². The van der Waals surface area contributed by atoms with E-state index in [2.05, 4.69) is 12.2 Å². The first-order valence-corrected chi connectivity index (χ1v) is 10.2. The van der Waals surface area contributed by atoms with Gasteiger partial charge >= 0.3 is 0 Å². The van der Waals surface area contributed by atoms with Crippen LogP contribution in [0.1, 0.15) is 29.6 Å². The number of carbonyl (C=O) groups excluding carboxylic acids is 1.